The smallest absolute Gasteiger partial charge is 0.305 e. The number of amides is 8. The fourth-order valence-electron chi connectivity index (χ4n) is 6.76. The first-order chi connectivity index (χ1) is 32.4. The molecular weight excluding hydrogens is 945 g/mol. The van der Waals surface area contributed by atoms with Crippen LogP contribution in [0.2, 0.25) is 0 Å². The van der Waals surface area contributed by atoms with Crippen LogP contribution in [-0.4, -0.2) is 162 Å². The van der Waals surface area contributed by atoms with E-state index in [-0.39, 0.29) is 67.0 Å². The Morgan fingerprint density at radius 2 is 1.28 bits per heavy atom. The first-order valence-electron chi connectivity index (χ1n) is 22.1. The monoisotopic (exact) mass is 1010 g/mol. The summed E-state index contributed by atoms with van der Waals surface area (Å²) in [6.07, 6.45) is 0.450. The highest BCUT2D eigenvalue weighted by atomic mass is 33.1. The van der Waals surface area contributed by atoms with Gasteiger partial charge >= 0.3 is 5.97 Å². The van der Waals surface area contributed by atoms with Crippen molar-refractivity contribution in [2.75, 3.05) is 49.7 Å². The summed E-state index contributed by atoms with van der Waals surface area (Å²) >= 11 is 1.03. The zero-order chi connectivity index (χ0) is 50.2. The molecule has 0 unspecified atom stereocenters. The van der Waals surface area contributed by atoms with Crippen molar-refractivity contribution in [1.29, 1.82) is 5.41 Å². The Kier molecular flexibility index (Phi) is 25.0. The van der Waals surface area contributed by atoms with Crippen LogP contribution in [0.3, 0.4) is 0 Å². The summed E-state index contributed by atoms with van der Waals surface area (Å²) in [4.78, 5) is 136. The van der Waals surface area contributed by atoms with Crippen LogP contribution in [0, 0.1) is 11.3 Å². The maximum absolute atomic E-state index is 14.3. The van der Waals surface area contributed by atoms with E-state index in [4.69, 9.17) is 11.1 Å². The van der Waals surface area contributed by atoms with Crippen molar-refractivity contribution in [2.24, 2.45) is 11.7 Å². The maximum Gasteiger partial charge on any atom is 0.305 e. The Labute approximate surface area is 406 Å². The zero-order valence-electron chi connectivity index (χ0n) is 38.2. The summed E-state index contributed by atoms with van der Waals surface area (Å²) in [5.74, 6) is -10.1. The van der Waals surface area contributed by atoms with Crippen molar-refractivity contribution < 1.29 is 53.1 Å². The minimum absolute atomic E-state index is 0.0441. The Morgan fingerprint density at radius 3 is 1.88 bits per heavy atom. The summed E-state index contributed by atoms with van der Waals surface area (Å²) < 4.78 is 0. The van der Waals surface area contributed by atoms with E-state index >= 15 is 0 Å². The number of nitrogens with one attached hydrogen (secondary N) is 11. The van der Waals surface area contributed by atoms with Crippen LogP contribution < -0.4 is 58.9 Å². The molecule has 376 valence electrons. The normalized spacial score (nSPS) is 24.5. The van der Waals surface area contributed by atoms with Gasteiger partial charge in [0.05, 0.1) is 24.8 Å². The van der Waals surface area contributed by atoms with Crippen LogP contribution in [0.1, 0.15) is 57.9 Å². The van der Waals surface area contributed by atoms with Crippen molar-refractivity contribution in [3.05, 3.63) is 35.9 Å². The summed E-state index contributed by atoms with van der Waals surface area (Å²) in [5.41, 5.74) is 6.02. The molecule has 0 spiro atoms. The second-order valence-electron chi connectivity index (χ2n) is 16.3. The third kappa shape index (κ3) is 20.7. The molecule has 7 atom stereocenters. The molecular formula is C42H64N12O11S3. The number of fused-ring (bicyclic) bond motifs is 5. The number of rotatable bonds is 15. The molecule has 2 aliphatic heterocycles. The molecule has 2 heterocycles. The molecule has 23 nitrogen and oxygen atoms in total. The number of hydrogen-bond acceptors (Lipinski definition) is 15. The standard InChI is InChI=1S/C42H64N12O11S3/c1-23(2)35(59)29-19-66-22-33(56)48-26(12-7-8-14-45-3)37(61)53-30-20-67-68-21-31(41(65)51-27(38(62)52-29)16-24-10-5-4-6-11-24)54-39(63)28(17-34(57)58)49-32(55)18-47-36(60)25(50-40(30)64)13-9-15-46-42(43)44/h4-6,10-11,23,25-31,45H,7-9,12-22H2,1-3H3,(H,47,60)(H,48,56)(H,49,55)(H,50,64)(H,51,65)(H,52,62)(H,53,61)(H,54,63)(H,57,58)(H4,43,44,46)/t25-,26-,27-,28-,29-,30-,31-/m0/s1. The number of Topliss-reactive ketones (excluding diaryl/α,β-unsaturated/α-hetero) is 1. The zero-order valence-corrected chi connectivity index (χ0v) is 40.7. The average Bonchev–Trinajstić information content (AvgIpc) is 3.28. The van der Waals surface area contributed by atoms with Crippen LogP contribution in [0.25, 0.3) is 0 Å². The maximum atomic E-state index is 14.3. The lowest BCUT2D eigenvalue weighted by Crippen LogP contribution is -2.59. The lowest BCUT2D eigenvalue weighted by atomic mass is 10.0. The Balaban J connectivity index is 2.16. The molecule has 0 radical (unpaired) electrons. The number of thioether (sulfide) groups is 1. The second kappa shape index (κ2) is 30.0. The van der Waals surface area contributed by atoms with Crippen molar-refractivity contribution in [2.45, 2.75) is 101 Å². The van der Waals surface area contributed by atoms with Gasteiger partial charge in [0.2, 0.25) is 47.3 Å². The first-order valence-corrected chi connectivity index (χ1v) is 25.7. The third-order valence-corrected chi connectivity index (χ3v) is 13.8. The van der Waals surface area contributed by atoms with Crippen LogP contribution in [0.5, 0.6) is 0 Å². The van der Waals surface area contributed by atoms with Crippen LogP contribution in [0.15, 0.2) is 30.3 Å². The van der Waals surface area contributed by atoms with Crippen LogP contribution >= 0.6 is 33.3 Å². The van der Waals surface area contributed by atoms with E-state index in [1.54, 1.807) is 51.2 Å². The van der Waals surface area contributed by atoms with E-state index in [1.807, 2.05) is 0 Å². The van der Waals surface area contributed by atoms with E-state index in [1.165, 1.54) is 0 Å². The molecule has 1 aromatic rings. The van der Waals surface area contributed by atoms with Gasteiger partial charge in [0, 0.05) is 36.1 Å². The van der Waals surface area contributed by atoms with Crippen molar-refractivity contribution >= 4 is 98.3 Å². The number of unbranched alkanes of at least 4 members (excludes halogenated alkanes) is 1. The molecule has 0 aromatic heterocycles. The molecule has 2 bridgehead atoms. The predicted molar refractivity (Wildman–Crippen MR) is 258 cm³/mol. The molecule has 0 saturated carbocycles. The molecule has 1 aromatic carbocycles. The fraction of sp³-hybridized carbons (Fsp3) is 0.595. The number of carboxylic acid groups (broad SMARTS) is 1. The Bertz CT molecular complexity index is 1950. The number of guanidine groups is 1. The molecule has 26 heteroatoms. The molecule has 68 heavy (non-hydrogen) atoms. The van der Waals surface area contributed by atoms with Gasteiger partial charge in [0.15, 0.2) is 11.7 Å². The molecule has 2 fully saturated rings. The van der Waals surface area contributed by atoms with E-state index in [0.717, 1.165) is 33.3 Å². The van der Waals surface area contributed by atoms with E-state index in [9.17, 15) is 53.1 Å². The number of hydrogen-bond donors (Lipinski definition) is 13. The van der Waals surface area contributed by atoms with Gasteiger partial charge in [0.25, 0.3) is 0 Å². The summed E-state index contributed by atoms with van der Waals surface area (Å²) in [6, 6.07) is -0.874. The Hall–Kier alpha value is -5.60. The number of carbonyl (C=O) groups excluding carboxylic acids is 9. The lowest BCUT2D eigenvalue weighted by molar-refractivity contribution is -0.141. The predicted octanol–water partition coefficient (Wildman–Crippen LogP) is -2.77. The second-order valence-corrected chi connectivity index (χ2v) is 19.9. The minimum atomic E-state index is -1.75. The van der Waals surface area contributed by atoms with Crippen LogP contribution in [-0.2, 0) is 54.4 Å². The summed E-state index contributed by atoms with van der Waals surface area (Å²) in [5, 5.41) is 43.4. The van der Waals surface area contributed by atoms with Gasteiger partial charge in [-0.15, -0.1) is 11.8 Å². The molecule has 0 aliphatic carbocycles. The number of carboxylic acids is 1. The van der Waals surface area contributed by atoms with Gasteiger partial charge in [-0.3, -0.25) is 53.4 Å². The topological polar surface area (TPSA) is 361 Å². The van der Waals surface area contributed by atoms with Crippen molar-refractivity contribution in [3.63, 3.8) is 0 Å². The SMILES string of the molecule is CNCCCC[C@@H]1NC(=O)CSC[C@@H](C(=O)C(C)C)NC(=O)[C@H](Cc2ccccc2)NC(=O)[C@@H]2CSSC[C@H](NC1=O)C(=O)N[C@@H](CCCNC(=N)N)C(=O)NCC(=O)N[C@@H](CC(=O)O)C(=O)N2. The lowest BCUT2D eigenvalue weighted by Gasteiger charge is -2.27. The summed E-state index contributed by atoms with van der Waals surface area (Å²) in [6.45, 7) is 3.26. The average molecular weight is 1010 g/mol. The van der Waals surface area contributed by atoms with Gasteiger partial charge in [-0.25, -0.2) is 0 Å². The first kappa shape index (κ1) is 56.7. The van der Waals surface area contributed by atoms with Crippen LogP contribution in [0.4, 0.5) is 0 Å². The highest BCUT2D eigenvalue weighted by Crippen LogP contribution is 2.24. The van der Waals surface area contributed by atoms with E-state index in [2.05, 4.69) is 53.2 Å². The van der Waals surface area contributed by atoms with E-state index < -0.39 is 114 Å². The van der Waals surface area contributed by atoms with Gasteiger partial charge in [0.1, 0.15) is 36.3 Å². The minimum Gasteiger partial charge on any atom is -0.481 e. The molecule has 3 rings (SSSR count). The number of ketones is 1. The summed E-state index contributed by atoms with van der Waals surface area (Å²) in [7, 11) is 3.73. The van der Waals surface area contributed by atoms with Gasteiger partial charge in [-0.1, -0.05) is 65.8 Å². The molecule has 2 aliphatic rings. The number of benzene rings is 1. The van der Waals surface area contributed by atoms with Gasteiger partial charge in [-0.05, 0) is 51.3 Å². The van der Waals surface area contributed by atoms with Crippen molar-refractivity contribution in [1.82, 2.24) is 53.2 Å². The third-order valence-electron chi connectivity index (χ3n) is 10.4. The molecule has 2 saturated heterocycles. The molecule has 14 N–H and O–H groups in total. The highest BCUT2D eigenvalue weighted by Gasteiger charge is 2.35. The molecule has 8 amide bonds. The quantitative estimate of drug-likeness (QED) is 0.0366. The Morgan fingerprint density at radius 1 is 0.706 bits per heavy atom. The van der Waals surface area contributed by atoms with Crippen molar-refractivity contribution in [3.8, 4) is 0 Å². The highest BCUT2D eigenvalue weighted by molar-refractivity contribution is 8.76. The van der Waals surface area contributed by atoms with Gasteiger partial charge < -0.3 is 64.0 Å². The fourth-order valence-corrected chi connectivity index (χ4v) is 9.96. The number of carbonyl (C=O) groups is 10. The number of aliphatic carboxylic acids is 1. The van der Waals surface area contributed by atoms with E-state index in [0.29, 0.717) is 24.9 Å². The van der Waals surface area contributed by atoms with Gasteiger partial charge in [-0.2, -0.15) is 0 Å². The number of nitrogens with two attached hydrogens (primary N) is 1. The largest absolute Gasteiger partial charge is 0.481 e.